The molecule has 2 aromatic rings. The van der Waals surface area contributed by atoms with E-state index in [1.165, 1.54) is 24.9 Å². The van der Waals surface area contributed by atoms with Crippen molar-refractivity contribution in [1.82, 2.24) is 9.97 Å². The van der Waals surface area contributed by atoms with E-state index >= 15 is 0 Å². The number of hydrogen-bond acceptors (Lipinski definition) is 4. The van der Waals surface area contributed by atoms with Gasteiger partial charge in [0.1, 0.15) is 6.33 Å². The van der Waals surface area contributed by atoms with E-state index in [0.29, 0.717) is 17.0 Å². The fraction of sp³-hybridized carbons (Fsp3) is 0.421. The third-order valence-corrected chi connectivity index (χ3v) is 4.73. The van der Waals surface area contributed by atoms with Gasteiger partial charge >= 0.3 is 0 Å². The zero-order valence-electron chi connectivity index (χ0n) is 14.5. The third kappa shape index (κ3) is 3.55. The van der Waals surface area contributed by atoms with E-state index in [2.05, 4.69) is 39.2 Å². The molecule has 5 heteroatoms. The van der Waals surface area contributed by atoms with Crippen LogP contribution in [-0.4, -0.2) is 29.0 Å². The molecular formula is C19H24N4O. The highest BCUT2D eigenvalue weighted by atomic mass is 16.1. The summed E-state index contributed by atoms with van der Waals surface area (Å²) >= 11 is 0. The summed E-state index contributed by atoms with van der Waals surface area (Å²) in [4.78, 5) is 23.1. The molecule has 0 saturated carbocycles. The van der Waals surface area contributed by atoms with Crippen molar-refractivity contribution in [3.05, 3.63) is 47.5 Å². The van der Waals surface area contributed by atoms with Gasteiger partial charge in [-0.05, 0) is 56.9 Å². The summed E-state index contributed by atoms with van der Waals surface area (Å²) < 4.78 is 0. The van der Waals surface area contributed by atoms with Gasteiger partial charge in [0, 0.05) is 24.5 Å². The maximum atomic E-state index is 12.5. The lowest BCUT2D eigenvalue weighted by Crippen LogP contribution is -2.32. The molecule has 1 aliphatic rings. The van der Waals surface area contributed by atoms with E-state index in [4.69, 9.17) is 0 Å². The van der Waals surface area contributed by atoms with Crippen LogP contribution in [0.1, 0.15) is 41.5 Å². The van der Waals surface area contributed by atoms with Gasteiger partial charge in [-0.15, -0.1) is 0 Å². The molecule has 126 valence electrons. The Morgan fingerprint density at radius 3 is 2.25 bits per heavy atom. The first-order chi connectivity index (χ1) is 11.5. The van der Waals surface area contributed by atoms with Crippen molar-refractivity contribution < 1.29 is 4.79 Å². The van der Waals surface area contributed by atoms with Crippen molar-refractivity contribution in [2.45, 2.75) is 33.6 Å². The van der Waals surface area contributed by atoms with Crippen molar-refractivity contribution in [2.24, 2.45) is 5.92 Å². The predicted molar refractivity (Wildman–Crippen MR) is 96.5 cm³/mol. The second-order valence-corrected chi connectivity index (χ2v) is 6.59. The van der Waals surface area contributed by atoms with Gasteiger partial charge in [-0.1, -0.05) is 6.92 Å². The number of hydrogen-bond donors (Lipinski definition) is 1. The Labute approximate surface area is 143 Å². The lowest BCUT2D eigenvalue weighted by atomic mass is 9.99. The highest BCUT2D eigenvalue weighted by Gasteiger charge is 2.17. The molecular weight excluding hydrogens is 300 g/mol. The van der Waals surface area contributed by atoms with Gasteiger partial charge in [-0.3, -0.25) is 4.79 Å². The van der Waals surface area contributed by atoms with Crippen molar-refractivity contribution >= 4 is 17.3 Å². The molecule has 1 amide bonds. The average Bonchev–Trinajstić information content (AvgIpc) is 2.56. The van der Waals surface area contributed by atoms with Gasteiger partial charge in [-0.2, -0.15) is 0 Å². The second-order valence-electron chi connectivity index (χ2n) is 6.59. The van der Waals surface area contributed by atoms with Crippen LogP contribution in [0.25, 0.3) is 0 Å². The first kappa shape index (κ1) is 16.4. The molecule has 1 aliphatic heterocycles. The minimum absolute atomic E-state index is 0.162. The number of rotatable bonds is 3. The number of nitrogens with one attached hydrogen (secondary N) is 1. The first-order valence-electron chi connectivity index (χ1n) is 8.49. The zero-order valence-corrected chi connectivity index (χ0v) is 14.5. The van der Waals surface area contributed by atoms with E-state index in [1.807, 2.05) is 26.0 Å². The number of amides is 1. The molecule has 1 fully saturated rings. The summed E-state index contributed by atoms with van der Waals surface area (Å²) in [6.07, 6.45) is 3.96. The summed E-state index contributed by atoms with van der Waals surface area (Å²) in [6, 6.07) is 8.07. The average molecular weight is 324 g/mol. The molecule has 2 heterocycles. The SMILES string of the molecule is Cc1ncnc(C)c1C(=O)Nc1ccc(N2CCC(C)CC2)cc1. The quantitative estimate of drug-likeness (QED) is 0.937. The van der Waals surface area contributed by atoms with E-state index in [1.54, 1.807) is 0 Å². The standard InChI is InChI=1S/C19H24N4O/c1-13-8-10-23(11-9-13)17-6-4-16(5-7-17)22-19(24)18-14(2)20-12-21-15(18)3/h4-7,12-13H,8-11H2,1-3H3,(H,22,24). The number of carbonyl (C=O) groups is 1. The number of aryl methyl sites for hydroxylation is 2. The van der Waals surface area contributed by atoms with Gasteiger partial charge in [0.15, 0.2) is 0 Å². The van der Waals surface area contributed by atoms with E-state index in [0.717, 1.165) is 24.7 Å². The topological polar surface area (TPSA) is 58.1 Å². The van der Waals surface area contributed by atoms with Crippen LogP contribution in [0.15, 0.2) is 30.6 Å². The molecule has 5 nitrogen and oxygen atoms in total. The van der Waals surface area contributed by atoms with Crippen LogP contribution in [0.5, 0.6) is 0 Å². The molecule has 0 atom stereocenters. The van der Waals surface area contributed by atoms with Crippen LogP contribution >= 0.6 is 0 Å². The van der Waals surface area contributed by atoms with Crippen molar-refractivity contribution in [2.75, 3.05) is 23.3 Å². The lowest BCUT2D eigenvalue weighted by molar-refractivity contribution is 0.102. The van der Waals surface area contributed by atoms with Crippen LogP contribution in [0.3, 0.4) is 0 Å². The number of carbonyl (C=O) groups excluding carboxylic acids is 1. The molecule has 0 unspecified atom stereocenters. The van der Waals surface area contributed by atoms with Gasteiger partial charge < -0.3 is 10.2 Å². The van der Waals surface area contributed by atoms with Gasteiger partial charge in [0.2, 0.25) is 0 Å². The number of piperidine rings is 1. The van der Waals surface area contributed by atoms with Crippen LogP contribution in [0.2, 0.25) is 0 Å². The Hall–Kier alpha value is -2.43. The maximum absolute atomic E-state index is 12.5. The lowest BCUT2D eigenvalue weighted by Gasteiger charge is -2.32. The largest absolute Gasteiger partial charge is 0.372 e. The fourth-order valence-corrected chi connectivity index (χ4v) is 3.14. The van der Waals surface area contributed by atoms with Crippen molar-refractivity contribution in [1.29, 1.82) is 0 Å². The highest BCUT2D eigenvalue weighted by Crippen LogP contribution is 2.24. The second kappa shape index (κ2) is 6.99. The Bertz CT molecular complexity index is 698. The molecule has 1 saturated heterocycles. The molecule has 0 spiro atoms. The molecule has 1 N–H and O–H groups in total. The monoisotopic (exact) mass is 324 g/mol. The van der Waals surface area contributed by atoms with Crippen LogP contribution in [-0.2, 0) is 0 Å². The molecule has 3 rings (SSSR count). The molecule has 0 aliphatic carbocycles. The van der Waals surface area contributed by atoms with Gasteiger partial charge in [-0.25, -0.2) is 9.97 Å². The van der Waals surface area contributed by atoms with Crippen molar-refractivity contribution in [3.8, 4) is 0 Å². The summed E-state index contributed by atoms with van der Waals surface area (Å²) in [6.45, 7) is 8.17. The molecule has 24 heavy (non-hydrogen) atoms. The van der Waals surface area contributed by atoms with Gasteiger partial charge in [0.05, 0.1) is 17.0 Å². The normalized spacial score (nSPS) is 15.4. The van der Waals surface area contributed by atoms with E-state index in [-0.39, 0.29) is 5.91 Å². The minimum atomic E-state index is -0.162. The smallest absolute Gasteiger partial charge is 0.259 e. The summed E-state index contributed by atoms with van der Waals surface area (Å²) in [7, 11) is 0. The number of nitrogens with zero attached hydrogens (tertiary/aromatic N) is 3. The van der Waals surface area contributed by atoms with E-state index < -0.39 is 0 Å². The number of aromatic nitrogens is 2. The Balaban J connectivity index is 1.69. The molecule has 0 radical (unpaired) electrons. The summed E-state index contributed by atoms with van der Waals surface area (Å²) in [5, 5.41) is 2.94. The number of benzene rings is 1. The first-order valence-corrected chi connectivity index (χ1v) is 8.49. The van der Waals surface area contributed by atoms with Crippen LogP contribution < -0.4 is 10.2 Å². The van der Waals surface area contributed by atoms with Crippen LogP contribution in [0.4, 0.5) is 11.4 Å². The molecule has 1 aromatic heterocycles. The fourth-order valence-electron chi connectivity index (χ4n) is 3.14. The summed E-state index contributed by atoms with van der Waals surface area (Å²) in [5.41, 5.74) is 3.94. The highest BCUT2D eigenvalue weighted by molar-refractivity contribution is 6.05. The van der Waals surface area contributed by atoms with Crippen molar-refractivity contribution in [3.63, 3.8) is 0 Å². The Morgan fingerprint density at radius 1 is 1.08 bits per heavy atom. The summed E-state index contributed by atoms with van der Waals surface area (Å²) in [5.74, 6) is 0.657. The Kier molecular flexibility index (Phi) is 4.79. The predicted octanol–water partition coefficient (Wildman–Crippen LogP) is 3.58. The maximum Gasteiger partial charge on any atom is 0.259 e. The number of anilines is 2. The Morgan fingerprint density at radius 2 is 1.67 bits per heavy atom. The van der Waals surface area contributed by atoms with Gasteiger partial charge in [0.25, 0.3) is 5.91 Å². The van der Waals surface area contributed by atoms with E-state index in [9.17, 15) is 4.79 Å². The minimum Gasteiger partial charge on any atom is -0.372 e. The third-order valence-electron chi connectivity index (χ3n) is 4.73. The molecule has 1 aromatic carbocycles. The molecule has 0 bridgehead atoms. The zero-order chi connectivity index (χ0) is 17.1. The van der Waals surface area contributed by atoms with Crippen LogP contribution in [0, 0.1) is 19.8 Å².